The van der Waals surface area contributed by atoms with Gasteiger partial charge in [-0.15, -0.1) is 0 Å². The van der Waals surface area contributed by atoms with Crippen molar-refractivity contribution < 1.29 is 4.79 Å². The first kappa shape index (κ1) is 23.7. The van der Waals surface area contributed by atoms with E-state index >= 15 is 0 Å². The van der Waals surface area contributed by atoms with E-state index in [0.717, 1.165) is 37.8 Å². The molecule has 0 unspecified atom stereocenters. The maximum atomic E-state index is 13.0. The van der Waals surface area contributed by atoms with Crippen molar-refractivity contribution in [2.45, 2.75) is 44.6 Å². The zero-order chi connectivity index (χ0) is 24.2. The van der Waals surface area contributed by atoms with E-state index in [2.05, 4.69) is 25.2 Å². The SMILES string of the molecule is Cn1cnc2c(C(=O)NCCCN3CCC(N4CCCCC4)CC3)nn(-c3ccccc3)c2c1=O. The molecule has 186 valence electrons. The van der Waals surface area contributed by atoms with Crippen molar-refractivity contribution in [2.75, 3.05) is 39.3 Å². The summed E-state index contributed by atoms with van der Waals surface area (Å²) in [5.41, 5.74) is 1.30. The van der Waals surface area contributed by atoms with E-state index in [1.54, 1.807) is 7.05 Å². The Morgan fingerprint density at radius 3 is 2.54 bits per heavy atom. The third kappa shape index (κ3) is 5.16. The third-order valence-corrected chi connectivity index (χ3v) is 7.36. The zero-order valence-electron chi connectivity index (χ0n) is 20.5. The second kappa shape index (κ2) is 10.7. The van der Waals surface area contributed by atoms with Crippen LogP contribution in [0.3, 0.4) is 0 Å². The zero-order valence-corrected chi connectivity index (χ0v) is 20.5. The summed E-state index contributed by atoms with van der Waals surface area (Å²) in [6, 6.07) is 10.1. The standard InChI is InChI=1S/C26H35N7O2/c1-30-19-28-22-23(29-33(24(22)26(30)35)21-9-4-2-5-10-21)25(34)27-13-8-14-31-17-11-20(12-18-31)32-15-6-3-7-16-32/h2,4-5,9-10,19-20H,3,6-8,11-18H2,1H3,(H,27,34). The molecule has 5 rings (SSSR count). The maximum absolute atomic E-state index is 13.0. The molecule has 4 heterocycles. The molecule has 1 N–H and O–H groups in total. The Morgan fingerprint density at radius 2 is 1.80 bits per heavy atom. The molecule has 1 aromatic carbocycles. The molecule has 3 aromatic rings. The van der Waals surface area contributed by atoms with Crippen molar-refractivity contribution in [1.29, 1.82) is 0 Å². The van der Waals surface area contributed by atoms with E-state index in [9.17, 15) is 9.59 Å². The normalized spacial score (nSPS) is 18.2. The highest BCUT2D eigenvalue weighted by molar-refractivity contribution is 6.03. The second-order valence-corrected chi connectivity index (χ2v) is 9.73. The summed E-state index contributed by atoms with van der Waals surface area (Å²) >= 11 is 0. The number of likely N-dealkylation sites (tertiary alicyclic amines) is 2. The number of nitrogens with zero attached hydrogens (tertiary/aromatic N) is 6. The number of benzene rings is 1. The minimum Gasteiger partial charge on any atom is -0.351 e. The maximum Gasteiger partial charge on any atom is 0.279 e. The van der Waals surface area contributed by atoms with E-state index in [1.165, 1.54) is 60.8 Å². The van der Waals surface area contributed by atoms with E-state index in [0.29, 0.717) is 17.6 Å². The van der Waals surface area contributed by atoms with Gasteiger partial charge in [-0.2, -0.15) is 5.10 Å². The van der Waals surface area contributed by atoms with Crippen molar-refractivity contribution in [3.63, 3.8) is 0 Å². The van der Waals surface area contributed by atoms with Crippen LogP contribution in [0.2, 0.25) is 0 Å². The number of para-hydroxylation sites is 1. The average Bonchev–Trinajstić information content (AvgIpc) is 3.30. The van der Waals surface area contributed by atoms with Crippen LogP contribution in [0.15, 0.2) is 41.5 Å². The lowest BCUT2D eigenvalue weighted by Gasteiger charge is -2.40. The Labute approximate surface area is 205 Å². The van der Waals surface area contributed by atoms with Crippen molar-refractivity contribution in [3.05, 3.63) is 52.7 Å². The number of carbonyl (C=O) groups excluding carboxylic acids is 1. The third-order valence-electron chi connectivity index (χ3n) is 7.36. The number of nitrogens with one attached hydrogen (secondary N) is 1. The summed E-state index contributed by atoms with van der Waals surface area (Å²) in [6.45, 7) is 6.35. The summed E-state index contributed by atoms with van der Waals surface area (Å²) in [7, 11) is 1.65. The number of piperidine rings is 2. The van der Waals surface area contributed by atoms with Gasteiger partial charge in [0.15, 0.2) is 11.2 Å². The lowest BCUT2D eigenvalue weighted by atomic mass is 10.00. The topological polar surface area (TPSA) is 88.3 Å². The van der Waals surface area contributed by atoms with Crippen molar-refractivity contribution >= 4 is 16.9 Å². The number of hydrogen-bond acceptors (Lipinski definition) is 6. The highest BCUT2D eigenvalue weighted by atomic mass is 16.2. The number of carbonyl (C=O) groups is 1. The highest BCUT2D eigenvalue weighted by Crippen LogP contribution is 2.21. The summed E-state index contributed by atoms with van der Waals surface area (Å²) in [4.78, 5) is 35.4. The predicted molar refractivity (Wildman–Crippen MR) is 136 cm³/mol. The largest absolute Gasteiger partial charge is 0.351 e. The minimum absolute atomic E-state index is 0.184. The molecule has 0 saturated carbocycles. The van der Waals surface area contributed by atoms with Gasteiger partial charge >= 0.3 is 0 Å². The average molecular weight is 478 g/mol. The smallest absolute Gasteiger partial charge is 0.279 e. The molecule has 2 aliphatic rings. The van der Waals surface area contributed by atoms with E-state index < -0.39 is 0 Å². The van der Waals surface area contributed by atoms with Gasteiger partial charge in [-0.25, -0.2) is 9.67 Å². The number of amides is 1. The number of rotatable bonds is 7. The fourth-order valence-electron chi connectivity index (χ4n) is 5.38. The summed E-state index contributed by atoms with van der Waals surface area (Å²) in [6.07, 6.45) is 8.90. The Hall–Kier alpha value is -3.04. The Morgan fingerprint density at radius 1 is 1.06 bits per heavy atom. The van der Waals surface area contributed by atoms with Gasteiger partial charge < -0.3 is 19.7 Å². The van der Waals surface area contributed by atoms with Gasteiger partial charge in [0.05, 0.1) is 12.0 Å². The van der Waals surface area contributed by atoms with Gasteiger partial charge in [0.2, 0.25) is 0 Å². The van der Waals surface area contributed by atoms with Crippen LogP contribution in [0, 0.1) is 0 Å². The first-order valence-electron chi connectivity index (χ1n) is 12.9. The Balaban J connectivity index is 1.18. The molecule has 2 fully saturated rings. The first-order chi connectivity index (χ1) is 17.1. The van der Waals surface area contributed by atoms with E-state index in [1.807, 2.05) is 30.3 Å². The summed E-state index contributed by atoms with van der Waals surface area (Å²) in [5.74, 6) is -0.297. The van der Waals surface area contributed by atoms with Crippen LogP contribution in [0.25, 0.3) is 16.7 Å². The molecular weight excluding hydrogens is 442 g/mol. The van der Waals surface area contributed by atoms with Gasteiger partial charge in [-0.05, 0) is 77.0 Å². The molecule has 2 aliphatic heterocycles. The Kier molecular flexibility index (Phi) is 7.24. The quantitative estimate of drug-likeness (QED) is 0.525. The van der Waals surface area contributed by atoms with Gasteiger partial charge in [0, 0.05) is 19.6 Å². The van der Waals surface area contributed by atoms with Crippen LogP contribution in [0.4, 0.5) is 0 Å². The monoisotopic (exact) mass is 477 g/mol. The summed E-state index contributed by atoms with van der Waals surface area (Å²) in [5, 5.41) is 7.49. The molecule has 0 spiro atoms. The fraction of sp³-hybridized carbons (Fsp3) is 0.538. The molecule has 9 heteroatoms. The molecule has 1 amide bonds. The van der Waals surface area contributed by atoms with E-state index in [4.69, 9.17) is 0 Å². The second-order valence-electron chi connectivity index (χ2n) is 9.73. The molecule has 0 radical (unpaired) electrons. The number of hydrogen-bond donors (Lipinski definition) is 1. The molecule has 2 aromatic heterocycles. The minimum atomic E-state index is -0.297. The Bertz CT molecular complexity index is 1210. The van der Waals surface area contributed by atoms with Crippen LogP contribution in [0.1, 0.15) is 49.0 Å². The predicted octanol–water partition coefficient (Wildman–Crippen LogP) is 2.19. The number of aromatic nitrogens is 4. The van der Waals surface area contributed by atoms with Gasteiger partial charge in [0.25, 0.3) is 11.5 Å². The highest BCUT2D eigenvalue weighted by Gasteiger charge is 2.25. The number of fused-ring (bicyclic) bond motifs is 1. The van der Waals surface area contributed by atoms with Gasteiger partial charge in [-0.3, -0.25) is 9.59 Å². The molecule has 35 heavy (non-hydrogen) atoms. The van der Waals surface area contributed by atoms with Gasteiger partial charge in [-0.1, -0.05) is 24.6 Å². The summed E-state index contributed by atoms with van der Waals surface area (Å²) < 4.78 is 2.92. The molecule has 2 saturated heterocycles. The van der Waals surface area contributed by atoms with Crippen LogP contribution in [0.5, 0.6) is 0 Å². The lowest BCUT2D eigenvalue weighted by molar-refractivity contribution is 0.0901. The molecule has 0 aliphatic carbocycles. The van der Waals surface area contributed by atoms with Gasteiger partial charge in [0.1, 0.15) is 5.52 Å². The molecule has 0 atom stereocenters. The van der Waals surface area contributed by atoms with Crippen LogP contribution < -0.4 is 10.9 Å². The number of aryl methyl sites for hydroxylation is 1. The molecular formula is C26H35N7O2. The molecule has 9 nitrogen and oxygen atoms in total. The lowest BCUT2D eigenvalue weighted by Crippen LogP contribution is -2.47. The van der Waals surface area contributed by atoms with Crippen LogP contribution in [-0.2, 0) is 7.05 Å². The first-order valence-corrected chi connectivity index (χ1v) is 12.9. The van der Waals surface area contributed by atoms with Crippen LogP contribution >= 0.6 is 0 Å². The van der Waals surface area contributed by atoms with Crippen molar-refractivity contribution in [1.82, 2.24) is 34.4 Å². The fourth-order valence-corrected chi connectivity index (χ4v) is 5.38. The van der Waals surface area contributed by atoms with E-state index in [-0.39, 0.29) is 17.2 Å². The molecule has 0 bridgehead atoms. The van der Waals surface area contributed by atoms with Crippen molar-refractivity contribution in [3.8, 4) is 5.69 Å². The van der Waals surface area contributed by atoms with Crippen LogP contribution in [-0.4, -0.2) is 80.3 Å². The van der Waals surface area contributed by atoms with Crippen molar-refractivity contribution in [2.24, 2.45) is 7.05 Å².